The number of aliphatic imine (C=N–C) groups is 1. The van der Waals surface area contributed by atoms with Crippen LogP contribution in [0.4, 0.5) is 5.69 Å². The van der Waals surface area contributed by atoms with Crippen molar-refractivity contribution in [2.24, 2.45) is 4.99 Å². The molecule has 0 spiro atoms. The molecule has 0 amide bonds. The largest absolute Gasteiger partial charge is 0.236 e. The van der Waals surface area contributed by atoms with Crippen LogP contribution in [0, 0.1) is 0 Å². The lowest BCUT2D eigenvalue weighted by atomic mass is 10.3. The minimum absolute atomic E-state index is 0.550. The summed E-state index contributed by atoms with van der Waals surface area (Å²) >= 11 is 5.95. The topological polar surface area (TPSA) is 12.4 Å². The highest BCUT2D eigenvalue weighted by atomic mass is 35.5. The first-order valence-electron chi connectivity index (χ1n) is 4.16. The molecule has 0 fully saturated rings. The summed E-state index contributed by atoms with van der Waals surface area (Å²) in [5, 5.41) is 0.550. The quantitative estimate of drug-likeness (QED) is 0.632. The summed E-state index contributed by atoms with van der Waals surface area (Å²) in [6, 6.07) is 9.67. The maximum Gasteiger partial charge on any atom is 0.132 e. The number of benzene rings is 1. The van der Waals surface area contributed by atoms with Crippen LogP contribution in [0.3, 0.4) is 0 Å². The average Bonchev–Trinajstić information content (AvgIpc) is 2.18. The molecule has 1 rings (SSSR count). The molecule has 0 aliphatic carbocycles. The van der Waals surface area contributed by atoms with E-state index in [1.807, 2.05) is 50.3 Å². The highest BCUT2D eigenvalue weighted by molar-refractivity contribution is 6.69. The van der Waals surface area contributed by atoms with E-state index in [2.05, 4.69) is 4.99 Å². The Morgan fingerprint density at radius 1 is 1.31 bits per heavy atom. The SMILES string of the molecule is C/C=C(C)/C(Cl)=N/c1ccccc1. The Bertz CT molecular complexity index is 325. The highest BCUT2D eigenvalue weighted by Gasteiger charge is 1.95. The van der Waals surface area contributed by atoms with Gasteiger partial charge in [0.05, 0.1) is 5.69 Å². The molecule has 0 saturated heterocycles. The summed E-state index contributed by atoms with van der Waals surface area (Å²) in [7, 11) is 0. The Hall–Kier alpha value is -1.08. The fraction of sp³-hybridized carbons (Fsp3) is 0.182. The molecule has 0 aliphatic rings. The number of rotatable bonds is 2. The van der Waals surface area contributed by atoms with Crippen molar-refractivity contribution < 1.29 is 0 Å². The zero-order chi connectivity index (χ0) is 9.68. The molecule has 2 heteroatoms. The molecule has 0 aliphatic heterocycles. The van der Waals surface area contributed by atoms with E-state index in [0.717, 1.165) is 11.3 Å². The molecule has 0 N–H and O–H groups in total. The Morgan fingerprint density at radius 2 is 1.92 bits per heavy atom. The number of hydrogen-bond acceptors (Lipinski definition) is 1. The van der Waals surface area contributed by atoms with Crippen LogP contribution in [0.5, 0.6) is 0 Å². The molecule has 0 radical (unpaired) electrons. The Balaban J connectivity index is 2.89. The van der Waals surface area contributed by atoms with Crippen LogP contribution >= 0.6 is 11.6 Å². The van der Waals surface area contributed by atoms with Gasteiger partial charge in [0.25, 0.3) is 0 Å². The van der Waals surface area contributed by atoms with Gasteiger partial charge in [-0.1, -0.05) is 35.9 Å². The van der Waals surface area contributed by atoms with Gasteiger partial charge in [0.1, 0.15) is 5.17 Å². The number of hydrogen-bond donors (Lipinski definition) is 0. The lowest BCUT2D eigenvalue weighted by molar-refractivity contribution is 1.48. The third-order valence-electron chi connectivity index (χ3n) is 1.74. The van der Waals surface area contributed by atoms with Crippen molar-refractivity contribution in [2.45, 2.75) is 13.8 Å². The van der Waals surface area contributed by atoms with Crippen LogP contribution < -0.4 is 0 Å². The number of allylic oxidation sites excluding steroid dienone is 2. The predicted octanol–water partition coefficient (Wildman–Crippen LogP) is 3.92. The minimum Gasteiger partial charge on any atom is -0.236 e. The molecule has 0 heterocycles. The Labute approximate surface area is 83.8 Å². The molecule has 0 aromatic heterocycles. The van der Waals surface area contributed by atoms with Crippen LogP contribution in [-0.4, -0.2) is 5.17 Å². The highest BCUT2D eigenvalue weighted by Crippen LogP contribution is 2.13. The summed E-state index contributed by atoms with van der Waals surface area (Å²) < 4.78 is 0. The Kier molecular flexibility index (Phi) is 3.71. The molecule has 1 aromatic rings. The van der Waals surface area contributed by atoms with Gasteiger partial charge in [0.2, 0.25) is 0 Å². The van der Waals surface area contributed by atoms with E-state index < -0.39 is 0 Å². The summed E-state index contributed by atoms with van der Waals surface area (Å²) in [5.74, 6) is 0. The lowest BCUT2D eigenvalue weighted by Crippen LogP contribution is -1.87. The van der Waals surface area contributed by atoms with E-state index >= 15 is 0 Å². The second-order valence-corrected chi connectivity index (χ2v) is 3.07. The molecule has 1 nitrogen and oxygen atoms in total. The van der Waals surface area contributed by atoms with Crippen molar-refractivity contribution in [3.05, 3.63) is 42.0 Å². The third-order valence-corrected chi connectivity index (χ3v) is 2.12. The van der Waals surface area contributed by atoms with Crippen LogP contribution in [0.25, 0.3) is 0 Å². The van der Waals surface area contributed by atoms with Gasteiger partial charge < -0.3 is 0 Å². The molecule has 0 saturated carbocycles. The van der Waals surface area contributed by atoms with Gasteiger partial charge >= 0.3 is 0 Å². The molecular formula is C11H12ClN. The fourth-order valence-electron chi connectivity index (χ4n) is 0.823. The second-order valence-electron chi connectivity index (χ2n) is 2.71. The maximum absolute atomic E-state index is 5.95. The minimum atomic E-state index is 0.550. The van der Waals surface area contributed by atoms with Crippen molar-refractivity contribution in [1.29, 1.82) is 0 Å². The van der Waals surface area contributed by atoms with E-state index in [1.165, 1.54) is 0 Å². The normalized spacial score (nSPS) is 13.2. The van der Waals surface area contributed by atoms with Gasteiger partial charge in [-0.3, -0.25) is 0 Å². The van der Waals surface area contributed by atoms with E-state index in [-0.39, 0.29) is 0 Å². The number of halogens is 1. The Morgan fingerprint density at radius 3 is 2.46 bits per heavy atom. The third kappa shape index (κ3) is 3.03. The maximum atomic E-state index is 5.95. The van der Waals surface area contributed by atoms with Crippen molar-refractivity contribution in [1.82, 2.24) is 0 Å². The van der Waals surface area contributed by atoms with Gasteiger partial charge in [0, 0.05) is 0 Å². The van der Waals surface area contributed by atoms with Gasteiger partial charge in [0.15, 0.2) is 0 Å². The van der Waals surface area contributed by atoms with Gasteiger partial charge in [-0.2, -0.15) is 0 Å². The summed E-state index contributed by atoms with van der Waals surface area (Å²) in [6.07, 6.45) is 1.94. The fourth-order valence-corrected chi connectivity index (χ4v) is 1.03. The van der Waals surface area contributed by atoms with Crippen molar-refractivity contribution in [3.8, 4) is 0 Å². The van der Waals surface area contributed by atoms with Crippen molar-refractivity contribution >= 4 is 22.5 Å². The molecule has 0 bridgehead atoms. The molecule has 0 unspecified atom stereocenters. The van der Waals surface area contributed by atoms with E-state index in [0.29, 0.717) is 5.17 Å². The van der Waals surface area contributed by atoms with E-state index in [1.54, 1.807) is 0 Å². The molecule has 68 valence electrons. The van der Waals surface area contributed by atoms with Crippen molar-refractivity contribution in [3.63, 3.8) is 0 Å². The van der Waals surface area contributed by atoms with Crippen LogP contribution in [0.15, 0.2) is 47.0 Å². The van der Waals surface area contributed by atoms with Crippen LogP contribution in [-0.2, 0) is 0 Å². The second kappa shape index (κ2) is 4.83. The van der Waals surface area contributed by atoms with Crippen LogP contribution in [0.1, 0.15) is 13.8 Å². The van der Waals surface area contributed by atoms with E-state index in [4.69, 9.17) is 11.6 Å². The number of nitrogens with zero attached hydrogens (tertiary/aromatic N) is 1. The first-order valence-corrected chi connectivity index (χ1v) is 4.54. The molecule has 13 heavy (non-hydrogen) atoms. The number of para-hydroxylation sites is 1. The zero-order valence-electron chi connectivity index (χ0n) is 7.79. The lowest BCUT2D eigenvalue weighted by Gasteiger charge is -1.97. The van der Waals surface area contributed by atoms with Gasteiger partial charge in [-0.15, -0.1) is 0 Å². The molecular weight excluding hydrogens is 182 g/mol. The van der Waals surface area contributed by atoms with Gasteiger partial charge in [-0.05, 0) is 31.6 Å². The summed E-state index contributed by atoms with van der Waals surface area (Å²) in [4.78, 5) is 4.24. The van der Waals surface area contributed by atoms with Crippen LogP contribution in [0.2, 0.25) is 0 Å². The monoisotopic (exact) mass is 193 g/mol. The smallest absolute Gasteiger partial charge is 0.132 e. The van der Waals surface area contributed by atoms with E-state index in [9.17, 15) is 0 Å². The zero-order valence-corrected chi connectivity index (χ0v) is 8.55. The summed E-state index contributed by atoms with van der Waals surface area (Å²) in [6.45, 7) is 3.88. The molecule has 1 aromatic carbocycles. The molecule has 0 atom stereocenters. The predicted molar refractivity (Wildman–Crippen MR) is 58.8 cm³/mol. The van der Waals surface area contributed by atoms with Gasteiger partial charge in [-0.25, -0.2) is 4.99 Å². The standard InChI is InChI=1S/C11H12ClN/c1-3-9(2)11(12)13-10-7-5-4-6-8-10/h3-8H,1-2H3/b9-3+,13-11-. The first kappa shape index (κ1) is 10.0. The summed E-state index contributed by atoms with van der Waals surface area (Å²) in [5.41, 5.74) is 1.87. The average molecular weight is 194 g/mol. The van der Waals surface area contributed by atoms with Crippen molar-refractivity contribution in [2.75, 3.05) is 0 Å². The first-order chi connectivity index (χ1) is 6.24.